The van der Waals surface area contributed by atoms with E-state index in [0.29, 0.717) is 64.5 Å². The van der Waals surface area contributed by atoms with Crippen LogP contribution in [0.4, 0.5) is 0 Å². The van der Waals surface area contributed by atoms with E-state index >= 15 is 0 Å². The molecular weight excluding hydrogens is 1010 g/mol. The van der Waals surface area contributed by atoms with E-state index in [1.807, 2.05) is 0 Å². The van der Waals surface area contributed by atoms with Crippen molar-refractivity contribution >= 4 is 47.5 Å². The summed E-state index contributed by atoms with van der Waals surface area (Å²) in [6, 6.07) is -4.23. The highest BCUT2D eigenvalue weighted by molar-refractivity contribution is 6.02. The number of hydrogen-bond acceptors (Lipinski definition) is 13. The molecule has 4 amide bonds. The van der Waals surface area contributed by atoms with Crippen molar-refractivity contribution in [2.24, 2.45) is 17.2 Å². The first-order valence-electron chi connectivity index (χ1n) is 33.2. The van der Waals surface area contributed by atoms with Gasteiger partial charge in [-0.3, -0.25) is 33.8 Å². The van der Waals surface area contributed by atoms with Gasteiger partial charge in [-0.05, 0) is 83.7 Å². The zero-order valence-corrected chi connectivity index (χ0v) is 51.8. The minimum atomic E-state index is -1.51. The van der Waals surface area contributed by atoms with E-state index in [1.165, 1.54) is 103 Å². The first-order chi connectivity index (χ1) is 38.8. The van der Waals surface area contributed by atoms with E-state index in [1.54, 1.807) is 0 Å². The Morgan fingerprint density at radius 2 is 0.550 bits per heavy atom. The van der Waals surface area contributed by atoms with E-state index < -0.39 is 72.1 Å². The molecule has 0 bridgehead atoms. The number of nitrogens with two attached hydrogens (primary N) is 3. The number of rotatable bonds is 56. The Labute approximate surface area is 487 Å². The normalized spacial score (nSPS) is 12.4. The zero-order valence-electron chi connectivity index (χ0n) is 51.8. The van der Waals surface area contributed by atoms with Gasteiger partial charge in [-0.2, -0.15) is 0 Å². The molecule has 466 valence electrons. The fraction of sp³-hybridized carbons (Fsp3) is 0.877. The maximum absolute atomic E-state index is 14.0. The van der Waals surface area contributed by atoms with Crippen LogP contribution < -0.4 is 17.2 Å². The van der Waals surface area contributed by atoms with Crippen LogP contribution in [0, 0.1) is 0 Å². The Morgan fingerprint density at radius 1 is 0.300 bits per heavy atom. The predicted molar refractivity (Wildman–Crippen MR) is 324 cm³/mol. The lowest BCUT2D eigenvalue weighted by Gasteiger charge is -2.29. The van der Waals surface area contributed by atoms with Gasteiger partial charge in [0.05, 0.1) is 0 Å². The topological polar surface area (TPSA) is 240 Å². The van der Waals surface area contributed by atoms with Gasteiger partial charge in [0, 0.05) is 32.1 Å². The largest absolute Gasteiger partial charge is 0.392 e. The molecule has 0 aliphatic carbocycles. The molecule has 0 aliphatic rings. The van der Waals surface area contributed by atoms with E-state index in [2.05, 4.69) is 27.7 Å². The Morgan fingerprint density at radius 3 is 0.812 bits per heavy atom. The van der Waals surface area contributed by atoms with E-state index in [4.69, 9.17) is 26.7 Å². The molecule has 0 saturated carbocycles. The third-order valence-electron chi connectivity index (χ3n) is 15.5. The second-order valence-electron chi connectivity index (χ2n) is 22.9. The molecule has 15 nitrogen and oxygen atoms in total. The lowest BCUT2D eigenvalue weighted by Crippen LogP contribution is -2.50. The summed E-state index contributed by atoms with van der Waals surface area (Å²) in [5.74, 6) is -6.22. The highest BCUT2D eigenvalue weighted by atomic mass is 16.6. The molecule has 0 aromatic rings. The number of carbonyl (C=O) groups is 8. The lowest BCUT2D eigenvalue weighted by atomic mass is 10.0. The number of esters is 4. The molecule has 80 heavy (non-hydrogen) atoms. The molecule has 0 aliphatic heterocycles. The molecule has 15 heteroatoms. The van der Waals surface area contributed by atoms with Crippen LogP contribution in [0.1, 0.15) is 336 Å². The third kappa shape index (κ3) is 40.6. The summed E-state index contributed by atoms with van der Waals surface area (Å²) < 4.78 is 10.7. The second kappa shape index (κ2) is 54.7. The quantitative estimate of drug-likeness (QED) is 0.0292. The van der Waals surface area contributed by atoms with Crippen LogP contribution >= 0.6 is 0 Å². The summed E-state index contributed by atoms with van der Waals surface area (Å²) in [6.07, 6.45) is 38.9. The number of carbonyl (C=O) groups excluding carboxylic acids is 8. The number of ether oxygens (including phenoxy) is 2. The van der Waals surface area contributed by atoms with Gasteiger partial charge in [0.15, 0.2) is 0 Å². The molecule has 0 rings (SSSR count). The van der Waals surface area contributed by atoms with E-state index in [-0.39, 0.29) is 44.9 Å². The zero-order chi connectivity index (χ0) is 59.3. The van der Waals surface area contributed by atoms with Crippen molar-refractivity contribution in [1.29, 1.82) is 0 Å². The summed E-state index contributed by atoms with van der Waals surface area (Å²) in [7, 11) is 0. The van der Waals surface area contributed by atoms with Gasteiger partial charge in [0.25, 0.3) is 0 Å². The molecule has 3 atom stereocenters. The van der Waals surface area contributed by atoms with Crippen molar-refractivity contribution in [3.05, 3.63) is 0 Å². The average molecular weight is 1130 g/mol. The minimum Gasteiger partial charge on any atom is -0.392 e. The van der Waals surface area contributed by atoms with Gasteiger partial charge in [0.2, 0.25) is 23.6 Å². The van der Waals surface area contributed by atoms with Crippen molar-refractivity contribution in [1.82, 2.24) is 9.80 Å². The van der Waals surface area contributed by atoms with Crippen LogP contribution in [0.5, 0.6) is 0 Å². The van der Waals surface area contributed by atoms with Crippen LogP contribution in [0.2, 0.25) is 0 Å². The number of imide groups is 2. The Bertz CT molecular complexity index is 1540. The summed E-state index contributed by atoms with van der Waals surface area (Å²) in [4.78, 5) is 113. The lowest BCUT2D eigenvalue weighted by molar-refractivity contribution is -0.170. The van der Waals surface area contributed by atoms with Crippen LogP contribution in [-0.4, -0.2) is 88.5 Å². The minimum absolute atomic E-state index is 0.0485. The highest BCUT2D eigenvalue weighted by Gasteiger charge is 2.38. The monoisotopic (exact) mass is 1130 g/mol. The van der Waals surface area contributed by atoms with Gasteiger partial charge < -0.3 is 26.7 Å². The van der Waals surface area contributed by atoms with Gasteiger partial charge >= 0.3 is 23.9 Å². The molecule has 0 spiro atoms. The number of amides is 4. The van der Waals surface area contributed by atoms with Crippen molar-refractivity contribution < 1.29 is 47.8 Å². The number of hydrogen-bond donors (Lipinski definition) is 3. The van der Waals surface area contributed by atoms with Crippen LogP contribution in [0.15, 0.2) is 0 Å². The van der Waals surface area contributed by atoms with Crippen molar-refractivity contribution in [2.75, 3.05) is 13.1 Å². The summed E-state index contributed by atoms with van der Waals surface area (Å²) >= 11 is 0. The van der Waals surface area contributed by atoms with Crippen molar-refractivity contribution in [3.8, 4) is 0 Å². The number of nitrogens with zero attached hydrogens (tertiary/aromatic N) is 2. The average Bonchev–Trinajstić information content (AvgIpc) is 3.44. The van der Waals surface area contributed by atoms with Gasteiger partial charge in [-0.25, -0.2) is 14.4 Å². The second-order valence-corrected chi connectivity index (χ2v) is 22.9. The van der Waals surface area contributed by atoms with E-state index in [9.17, 15) is 38.4 Å². The Hall–Kier alpha value is -3.56. The van der Waals surface area contributed by atoms with Crippen molar-refractivity contribution in [3.63, 3.8) is 0 Å². The predicted octanol–water partition coefficient (Wildman–Crippen LogP) is 14.6. The third-order valence-corrected chi connectivity index (χ3v) is 15.5. The Kier molecular flexibility index (Phi) is 52.2. The molecule has 0 aromatic carbocycles. The molecule has 0 fully saturated rings. The first-order valence-corrected chi connectivity index (χ1v) is 33.2. The van der Waals surface area contributed by atoms with Gasteiger partial charge in [0.1, 0.15) is 18.1 Å². The molecular formula is C65H121N5O10. The van der Waals surface area contributed by atoms with Crippen molar-refractivity contribution in [2.45, 2.75) is 354 Å². The first kappa shape index (κ1) is 76.4. The fourth-order valence-electron chi connectivity index (χ4n) is 10.3. The van der Waals surface area contributed by atoms with E-state index in [0.717, 1.165) is 113 Å². The smallest absolute Gasteiger partial charge is 0.337 e. The fourth-order valence-corrected chi connectivity index (χ4v) is 10.3. The van der Waals surface area contributed by atoms with Gasteiger partial charge in [-0.1, -0.05) is 233 Å². The summed E-state index contributed by atoms with van der Waals surface area (Å²) in [6.45, 7) is 9.41. The Balaban J connectivity index is 6.12. The molecule has 0 aromatic heterocycles. The SMILES string of the molecule is CCCCCCCCCCCC(=O)N(C(=O)CCCCCCCCCCC)[C@@H](CCCCN)C(=O)OC(=O)CC[C@H](N)C(=O)OC(=O)[C@H](CCCCN)N(C(=O)CCCCCCCCCCC)C(=O)CCCCCCCCCCC. The maximum Gasteiger partial charge on any atom is 0.337 e. The number of unbranched alkanes of at least 4 members (excludes halogenated alkanes) is 34. The molecule has 6 N–H and O–H groups in total. The van der Waals surface area contributed by atoms with Crippen LogP contribution in [0.25, 0.3) is 0 Å². The maximum atomic E-state index is 14.0. The highest BCUT2D eigenvalue weighted by Crippen LogP contribution is 2.22. The molecule has 0 saturated heterocycles. The summed E-state index contributed by atoms with van der Waals surface area (Å²) in [5, 5.41) is 0. The molecule has 0 heterocycles. The van der Waals surface area contributed by atoms with Crippen LogP contribution in [-0.2, 0) is 47.8 Å². The summed E-state index contributed by atoms with van der Waals surface area (Å²) in [5.41, 5.74) is 17.9. The standard InChI is InChI=1S/C65H121N5O10/c1-5-9-13-17-21-25-29-33-37-47-58(71)69(59(72)48-38-34-30-26-22-18-14-10-6-2)56(45-41-43-53-66)64(77)79-62(75)52-51-55(68)63(76)80-65(78)57(46-42-44-54-67)70(60(73)49-39-35-31-27-23-19-15-11-7-3)61(74)50-40-36-32-28-24-20-16-12-8-4/h55-57H,5-54,66-68H2,1-4H3/t55-,56-,57-/m0/s1. The molecule has 0 unspecified atom stereocenters. The van der Waals surface area contributed by atoms with Crippen LogP contribution in [0.3, 0.4) is 0 Å². The molecule has 0 radical (unpaired) electrons. The van der Waals surface area contributed by atoms with Gasteiger partial charge in [-0.15, -0.1) is 0 Å².